The molecule has 3 heteroatoms. The molecule has 9 aromatic rings. The van der Waals surface area contributed by atoms with Gasteiger partial charge in [0, 0.05) is 60.7 Å². The van der Waals surface area contributed by atoms with Crippen LogP contribution in [0, 0.1) is 35.5 Å². The van der Waals surface area contributed by atoms with Crippen molar-refractivity contribution in [1.82, 2.24) is 4.48 Å². The van der Waals surface area contributed by atoms with Gasteiger partial charge in [0.25, 0.3) is 0 Å². The Morgan fingerprint density at radius 1 is 0.438 bits per heavy atom. The van der Waals surface area contributed by atoms with Crippen LogP contribution in [-0.4, -0.2) is 11.3 Å². The Morgan fingerprint density at radius 2 is 1.01 bits per heavy atom. The summed E-state index contributed by atoms with van der Waals surface area (Å²) in [4.78, 5) is 2.84. The molecule has 8 atom stereocenters. The molecular weight excluding hydrogens is 964 g/mol. The lowest BCUT2D eigenvalue weighted by molar-refractivity contribution is 0.139. The van der Waals surface area contributed by atoms with Crippen molar-refractivity contribution >= 4 is 56.6 Å². The first-order chi connectivity index (χ1) is 38.8. The number of nitrogens with zero attached hydrogens (tertiary/aromatic N) is 2. The van der Waals surface area contributed by atoms with E-state index in [0.29, 0.717) is 5.41 Å². The number of aromatic nitrogens is 1. The van der Waals surface area contributed by atoms with Crippen LogP contribution in [0.5, 0.6) is 0 Å². The Balaban J connectivity index is 0.934. The molecule has 0 radical (unpaired) electrons. The monoisotopic (exact) mass is 1030 g/mol. The van der Waals surface area contributed by atoms with Crippen LogP contribution in [0.4, 0.5) is 17.1 Å². The molecule has 11 aliphatic rings. The van der Waals surface area contributed by atoms with Crippen molar-refractivity contribution in [3.8, 4) is 44.5 Å². The largest absolute Gasteiger partial charge is 0.375 e. The van der Waals surface area contributed by atoms with Crippen molar-refractivity contribution in [3.05, 3.63) is 184 Å². The zero-order chi connectivity index (χ0) is 52.9. The summed E-state index contributed by atoms with van der Waals surface area (Å²) in [5.41, 5.74) is 33.2. The van der Waals surface area contributed by atoms with Gasteiger partial charge in [0.15, 0.2) is 0 Å². The van der Waals surface area contributed by atoms with Gasteiger partial charge in [-0.25, -0.2) is 0 Å². The predicted octanol–water partition coefficient (Wildman–Crippen LogP) is 18.1. The van der Waals surface area contributed by atoms with Crippen LogP contribution in [0.15, 0.2) is 140 Å². The average molecular weight is 1040 g/mol. The lowest BCUT2D eigenvalue weighted by atomic mass is 9.44. The fourth-order valence-corrected chi connectivity index (χ4v) is 22.3. The van der Waals surface area contributed by atoms with Gasteiger partial charge in [-0.05, 0) is 266 Å². The normalized spacial score (nSPS) is 29.4. The van der Waals surface area contributed by atoms with Gasteiger partial charge in [-0.2, -0.15) is 0 Å². The van der Waals surface area contributed by atoms with E-state index in [0.717, 1.165) is 35.5 Å². The molecule has 3 heterocycles. The topological polar surface area (TPSA) is 8.17 Å². The summed E-state index contributed by atoms with van der Waals surface area (Å²) in [6.45, 7) is 15.0. The molecule has 0 amide bonds. The van der Waals surface area contributed by atoms with Crippen LogP contribution in [0.1, 0.15) is 163 Å². The fraction of sp³-hybridized carbons (Fsp3) is 0.377. The average Bonchev–Trinajstić information content (AvgIpc) is 4.28. The van der Waals surface area contributed by atoms with E-state index in [1.54, 1.807) is 11.1 Å². The van der Waals surface area contributed by atoms with E-state index in [1.807, 2.05) is 0 Å². The molecule has 392 valence electrons. The van der Waals surface area contributed by atoms with Crippen LogP contribution in [0.2, 0.25) is 0 Å². The highest BCUT2D eigenvalue weighted by molar-refractivity contribution is 6.90. The number of hydrogen-bond donors (Lipinski definition) is 0. The van der Waals surface area contributed by atoms with E-state index in [4.69, 9.17) is 0 Å². The molecule has 1 aromatic heterocycles. The molecule has 8 unspecified atom stereocenters. The van der Waals surface area contributed by atoms with E-state index in [9.17, 15) is 0 Å². The summed E-state index contributed by atoms with van der Waals surface area (Å²) >= 11 is 0. The summed E-state index contributed by atoms with van der Waals surface area (Å²) in [7, 11) is 0. The standard InChI is InChI=1S/C77H71BN2/c1-73(2)61-16-10-7-13-51(61)54-21-20-50(34-64(54)73)79-68-36-55-52-14-8-11-17-62(52)74(3,4)65(55)37-66(68)78-70-58(35-57-53-15-9-12-18-63(53)75(5,6)69(57)72(70)79)60-33-49(77-26-24-45-28-43(39-77)30-47(45)41-77)32-59-56-31-48(19-22-67(56)80(78)71(59)60)76-25-23-44-27-42(38-76)29-46(44)40-76/h7-22,31-37,42-47H,23-30,38-41H2,1-6H3. The van der Waals surface area contributed by atoms with Crippen molar-refractivity contribution in [1.29, 1.82) is 0 Å². The number of rotatable bonds is 3. The van der Waals surface area contributed by atoms with Gasteiger partial charge >= 0.3 is 6.85 Å². The molecule has 9 aliphatic carbocycles. The van der Waals surface area contributed by atoms with Crippen LogP contribution in [0.25, 0.3) is 66.3 Å². The predicted molar refractivity (Wildman–Crippen MR) is 332 cm³/mol. The van der Waals surface area contributed by atoms with Crippen molar-refractivity contribution < 1.29 is 0 Å². The molecule has 20 rings (SSSR count). The summed E-state index contributed by atoms with van der Waals surface area (Å²) in [5, 5.41) is 3.05. The summed E-state index contributed by atoms with van der Waals surface area (Å²) < 4.78 is 2.96. The van der Waals surface area contributed by atoms with Crippen molar-refractivity contribution in [2.24, 2.45) is 35.5 Å². The molecular formula is C77H71BN2. The van der Waals surface area contributed by atoms with E-state index in [2.05, 4.69) is 190 Å². The third-order valence-electron chi connectivity index (χ3n) is 25.6. The van der Waals surface area contributed by atoms with E-state index < -0.39 is 0 Å². The van der Waals surface area contributed by atoms with Gasteiger partial charge in [-0.1, -0.05) is 133 Å². The highest BCUT2D eigenvalue weighted by atomic mass is 15.2. The smallest absolute Gasteiger partial charge is 0.333 e. The molecule has 2 aliphatic heterocycles. The first kappa shape index (κ1) is 45.1. The van der Waals surface area contributed by atoms with Gasteiger partial charge < -0.3 is 9.38 Å². The number of fused-ring (bicyclic) bond motifs is 21. The minimum Gasteiger partial charge on any atom is -0.375 e. The van der Waals surface area contributed by atoms with Gasteiger partial charge in [-0.15, -0.1) is 0 Å². The molecule has 8 aromatic carbocycles. The second-order valence-corrected chi connectivity index (χ2v) is 30.2. The Hall–Kier alpha value is -6.58. The minimum absolute atomic E-state index is 0.0292. The first-order valence-electron chi connectivity index (χ1n) is 31.6. The molecule has 80 heavy (non-hydrogen) atoms. The lowest BCUT2D eigenvalue weighted by Crippen LogP contribution is -2.57. The minimum atomic E-state index is -0.254. The van der Waals surface area contributed by atoms with Gasteiger partial charge in [0.2, 0.25) is 0 Å². The summed E-state index contributed by atoms with van der Waals surface area (Å²) in [6.07, 6.45) is 17.0. The highest BCUT2D eigenvalue weighted by Crippen LogP contribution is 2.66. The third-order valence-corrected chi connectivity index (χ3v) is 25.6. The summed E-state index contributed by atoms with van der Waals surface area (Å²) in [6, 6.07) is 57.7. The first-order valence-corrected chi connectivity index (χ1v) is 31.6. The van der Waals surface area contributed by atoms with Gasteiger partial charge in [0.1, 0.15) is 0 Å². The van der Waals surface area contributed by atoms with Gasteiger partial charge in [0.05, 0.1) is 0 Å². The van der Waals surface area contributed by atoms with E-state index >= 15 is 0 Å². The van der Waals surface area contributed by atoms with Crippen LogP contribution in [0.3, 0.4) is 0 Å². The van der Waals surface area contributed by atoms with Gasteiger partial charge in [-0.3, -0.25) is 0 Å². The maximum atomic E-state index is 2.96. The second-order valence-electron chi connectivity index (χ2n) is 30.2. The maximum Gasteiger partial charge on any atom is 0.333 e. The zero-order valence-corrected chi connectivity index (χ0v) is 47.7. The number of hydrogen-bond acceptors (Lipinski definition) is 1. The molecule has 2 nitrogen and oxygen atoms in total. The Bertz CT molecular complexity index is 4380. The number of anilines is 3. The second kappa shape index (κ2) is 14.4. The SMILES string of the molecule is CC1(C)c2ccccc2-c2ccc(N3c4cc5c(cc4B4c6c(cc7c(c63)C(C)(C)c3ccccc3-7)-c3cc(C67CCC8CC(CC8C6)C7)cc6c7cc(C89CCC%10CC(CC%10C8)C9)ccc7n4c36)C(C)(C)c3ccccc3-5)cc21. The van der Waals surface area contributed by atoms with Crippen LogP contribution < -0.4 is 15.8 Å². The van der Waals surface area contributed by atoms with E-state index in [1.165, 1.54) is 205 Å². The summed E-state index contributed by atoms with van der Waals surface area (Å²) in [5.74, 6) is 5.51. The lowest BCUT2D eigenvalue weighted by Gasteiger charge is -2.46. The maximum absolute atomic E-state index is 2.96. The molecule has 6 saturated carbocycles. The fourth-order valence-electron chi connectivity index (χ4n) is 22.3. The van der Waals surface area contributed by atoms with Crippen molar-refractivity contribution in [2.45, 2.75) is 146 Å². The van der Waals surface area contributed by atoms with Crippen molar-refractivity contribution in [3.63, 3.8) is 0 Å². The Labute approximate surface area is 473 Å². The van der Waals surface area contributed by atoms with Crippen LogP contribution >= 0.6 is 0 Å². The van der Waals surface area contributed by atoms with E-state index in [-0.39, 0.29) is 28.5 Å². The Morgan fingerprint density at radius 3 is 1.70 bits per heavy atom. The molecule has 0 saturated heterocycles. The molecule has 6 bridgehead atoms. The Kier molecular flexibility index (Phi) is 8.09. The number of benzene rings is 8. The molecule has 0 N–H and O–H groups in total. The van der Waals surface area contributed by atoms with Crippen molar-refractivity contribution in [2.75, 3.05) is 4.90 Å². The molecule has 0 spiro atoms. The zero-order valence-electron chi connectivity index (χ0n) is 47.7. The van der Waals surface area contributed by atoms with Crippen LogP contribution in [-0.2, 0) is 27.1 Å². The molecule has 6 fully saturated rings. The third kappa shape index (κ3) is 5.22. The highest BCUT2D eigenvalue weighted by Gasteiger charge is 2.56. The quantitative estimate of drug-likeness (QED) is 0.160.